The highest BCUT2D eigenvalue weighted by atomic mass is 79.9. The van der Waals surface area contributed by atoms with Crippen LogP contribution in [0.4, 0.5) is 9.59 Å². The summed E-state index contributed by atoms with van der Waals surface area (Å²) in [5, 5.41) is 22.8. The fraction of sp³-hybridized carbons (Fsp3) is 0.375. The van der Waals surface area contributed by atoms with Gasteiger partial charge in [-0.05, 0) is 93.9 Å². The molecule has 0 aliphatic carbocycles. The average Bonchev–Trinajstić information content (AvgIpc) is 3.69. The normalized spacial score (nSPS) is 10.7. The third kappa shape index (κ3) is 14.9. The van der Waals surface area contributed by atoms with E-state index >= 15 is 0 Å². The van der Waals surface area contributed by atoms with Gasteiger partial charge >= 0.3 is 19.3 Å². The van der Waals surface area contributed by atoms with Crippen LogP contribution >= 0.6 is 15.9 Å². The van der Waals surface area contributed by atoms with Crippen molar-refractivity contribution >= 4 is 40.9 Å². The zero-order valence-electron chi connectivity index (χ0n) is 28.2. The lowest BCUT2D eigenvalue weighted by Crippen LogP contribution is -2.32. The molecule has 0 unspecified atom stereocenters. The number of ether oxygens (including phenoxy) is 4. The van der Waals surface area contributed by atoms with Crippen molar-refractivity contribution < 1.29 is 47.4 Å². The lowest BCUT2D eigenvalue weighted by Gasteiger charge is -2.19. The van der Waals surface area contributed by atoms with Crippen molar-refractivity contribution in [3.05, 3.63) is 77.2 Å². The largest absolute Gasteiger partial charge is 0.526 e. The van der Waals surface area contributed by atoms with Crippen LogP contribution in [-0.2, 0) is 22.6 Å². The maximum Gasteiger partial charge on any atom is 0.526 e. The molecule has 0 radical (unpaired) electrons. The van der Waals surface area contributed by atoms with Crippen molar-refractivity contribution in [2.24, 2.45) is 0 Å². The van der Waals surface area contributed by atoms with Gasteiger partial charge in [-0.2, -0.15) is 0 Å². The van der Waals surface area contributed by atoms with Crippen molar-refractivity contribution in [1.82, 2.24) is 20.6 Å². The Hall–Kier alpha value is -4.54. The van der Waals surface area contributed by atoms with Gasteiger partial charge in [0.2, 0.25) is 0 Å². The number of hydrogen-bond acceptors (Lipinski definition) is 12. The molecule has 16 heteroatoms. The van der Waals surface area contributed by atoms with E-state index in [1.54, 1.807) is 84.0 Å². The van der Waals surface area contributed by atoms with E-state index in [1.807, 2.05) is 26.8 Å². The van der Waals surface area contributed by atoms with E-state index in [2.05, 4.69) is 36.5 Å². The number of hydrogen-bond donors (Lipinski definition) is 4. The zero-order chi connectivity index (χ0) is 35.9. The molecule has 0 spiro atoms. The summed E-state index contributed by atoms with van der Waals surface area (Å²) in [5.74, 6) is 3.15. The molecule has 0 atom stereocenters. The first-order chi connectivity index (χ1) is 22.5. The van der Waals surface area contributed by atoms with E-state index in [-0.39, 0.29) is 18.7 Å². The Bertz CT molecular complexity index is 1580. The second-order valence-corrected chi connectivity index (χ2v) is 12.6. The second-order valence-electron chi connectivity index (χ2n) is 11.7. The molecule has 260 valence electrons. The van der Waals surface area contributed by atoms with Gasteiger partial charge in [0.15, 0.2) is 0 Å². The highest BCUT2D eigenvalue weighted by Crippen LogP contribution is 2.30. The fourth-order valence-electron chi connectivity index (χ4n) is 3.47. The third-order valence-electron chi connectivity index (χ3n) is 5.43. The minimum atomic E-state index is -1.65. The van der Waals surface area contributed by atoms with Crippen LogP contribution in [0, 0.1) is 0 Å². The third-order valence-corrected chi connectivity index (χ3v) is 6.03. The van der Waals surface area contributed by atoms with Crippen molar-refractivity contribution in [3.63, 3.8) is 0 Å². The number of alkyl carbamates (subject to hydrolysis) is 2. The molecule has 48 heavy (non-hydrogen) atoms. The molecule has 2 amide bonds. The van der Waals surface area contributed by atoms with Gasteiger partial charge in [-0.25, -0.2) is 9.59 Å². The molecule has 0 aromatic carbocycles. The molecule has 0 aliphatic heterocycles. The first kappa shape index (κ1) is 39.6. The smallest absolute Gasteiger partial charge is 0.496 e. The van der Waals surface area contributed by atoms with E-state index in [0.717, 1.165) is 15.8 Å². The minimum absolute atomic E-state index is 0.0333. The Balaban J connectivity index is 0.000000272. The van der Waals surface area contributed by atoms with Crippen LogP contribution in [0.15, 0.2) is 74.5 Å². The van der Waals surface area contributed by atoms with Gasteiger partial charge in [-0.1, -0.05) is 0 Å². The van der Waals surface area contributed by atoms with Gasteiger partial charge in [0.05, 0.1) is 37.3 Å². The summed E-state index contributed by atoms with van der Waals surface area (Å²) in [7, 11) is 1.57. The quantitative estimate of drug-likeness (QED) is 0.174. The molecule has 0 bridgehead atoms. The highest BCUT2D eigenvalue weighted by molar-refractivity contribution is 9.10. The molecule has 14 nitrogen and oxygen atoms in total. The summed E-state index contributed by atoms with van der Waals surface area (Å²) < 4.78 is 32.1. The number of halogens is 1. The molecule has 0 aliphatic rings. The summed E-state index contributed by atoms with van der Waals surface area (Å²) in [4.78, 5) is 30.8. The van der Waals surface area contributed by atoms with Crippen LogP contribution in [-0.4, -0.2) is 64.7 Å². The molecule has 4 aromatic rings. The molecule has 0 saturated carbocycles. The number of furan rings is 2. The van der Waals surface area contributed by atoms with Crippen LogP contribution in [0.2, 0.25) is 0 Å². The number of nitrogens with zero attached hydrogens (tertiary/aromatic N) is 2. The number of aromatic nitrogens is 2. The lowest BCUT2D eigenvalue weighted by molar-refractivity contribution is 0.0509. The number of rotatable bonds is 8. The summed E-state index contributed by atoms with van der Waals surface area (Å²) in [6, 6.07) is 10.1. The molecular weight excluding hydrogens is 691 g/mol. The van der Waals surface area contributed by atoms with Crippen molar-refractivity contribution in [1.29, 1.82) is 0 Å². The average molecular weight is 733 g/mol. The van der Waals surface area contributed by atoms with Gasteiger partial charge in [-0.15, -0.1) is 0 Å². The molecular formula is C32H42BBrN4O10. The van der Waals surface area contributed by atoms with Crippen LogP contribution in [0.25, 0.3) is 11.3 Å². The second kappa shape index (κ2) is 18.7. The van der Waals surface area contributed by atoms with Gasteiger partial charge in [0.1, 0.15) is 45.6 Å². The number of pyridine rings is 2. The Morgan fingerprint density at radius 2 is 1.27 bits per heavy atom. The lowest BCUT2D eigenvalue weighted by atomic mass is 9.88. The molecule has 0 fully saturated rings. The predicted molar refractivity (Wildman–Crippen MR) is 182 cm³/mol. The van der Waals surface area contributed by atoms with E-state index in [0.29, 0.717) is 23.0 Å². The van der Waals surface area contributed by atoms with Gasteiger partial charge < -0.3 is 48.5 Å². The van der Waals surface area contributed by atoms with Crippen LogP contribution in [0.1, 0.15) is 53.1 Å². The Kier molecular flexibility index (Phi) is 15.5. The van der Waals surface area contributed by atoms with Crippen molar-refractivity contribution in [3.8, 4) is 22.8 Å². The highest BCUT2D eigenvalue weighted by Gasteiger charge is 2.19. The van der Waals surface area contributed by atoms with E-state index in [1.165, 1.54) is 6.07 Å². The monoisotopic (exact) mass is 732 g/mol. The van der Waals surface area contributed by atoms with E-state index in [4.69, 9.17) is 37.8 Å². The van der Waals surface area contributed by atoms with E-state index in [9.17, 15) is 9.59 Å². The molecule has 4 rings (SSSR count). The van der Waals surface area contributed by atoms with Gasteiger partial charge in [0.25, 0.3) is 0 Å². The SMILES string of the molecule is CC(C)(C)OC(=O)NCc1ccc(B(O)O)o1.COc1ccncc1-c1ccc(CNC(=O)OC(C)(C)C)o1.COc1ccncc1Br. The molecule has 4 heterocycles. The number of carbonyl (C=O) groups is 2. The maximum atomic E-state index is 11.6. The molecule has 4 aromatic heterocycles. The summed E-state index contributed by atoms with van der Waals surface area (Å²) >= 11 is 3.27. The predicted octanol–water partition coefficient (Wildman–Crippen LogP) is 5.21. The van der Waals surface area contributed by atoms with Crippen LogP contribution < -0.4 is 25.8 Å². The van der Waals surface area contributed by atoms with Gasteiger partial charge in [-0.3, -0.25) is 9.97 Å². The summed E-state index contributed by atoms with van der Waals surface area (Å²) in [6.45, 7) is 11.1. The van der Waals surface area contributed by atoms with Crippen LogP contribution in [0.5, 0.6) is 11.5 Å². The number of nitrogens with one attached hydrogen (secondary N) is 2. The molecule has 0 saturated heterocycles. The Morgan fingerprint density at radius 1 is 0.771 bits per heavy atom. The molecule has 4 N–H and O–H groups in total. The number of carbonyl (C=O) groups excluding carboxylic acids is 2. The number of amides is 2. The number of methoxy groups -OCH3 is 2. The van der Waals surface area contributed by atoms with Crippen molar-refractivity contribution in [2.75, 3.05) is 14.2 Å². The Morgan fingerprint density at radius 3 is 1.73 bits per heavy atom. The first-order valence-electron chi connectivity index (χ1n) is 14.6. The fourth-order valence-corrected chi connectivity index (χ4v) is 3.88. The Labute approximate surface area is 288 Å². The minimum Gasteiger partial charge on any atom is -0.496 e. The summed E-state index contributed by atoms with van der Waals surface area (Å²) in [6.07, 6.45) is 5.66. The van der Waals surface area contributed by atoms with E-state index < -0.39 is 30.5 Å². The maximum absolute atomic E-state index is 11.6. The zero-order valence-corrected chi connectivity index (χ0v) is 29.8. The van der Waals surface area contributed by atoms with Crippen LogP contribution in [0.3, 0.4) is 0 Å². The standard InChI is InChI=1S/C16H20N2O4.C10H16BNO5.C6H6BrNO/c1-16(2,3)22-15(19)18-9-11-5-6-14(21-11)12-10-17-8-7-13(12)20-4;1-10(2,3)17-9(13)12-6-7-4-5-8(16-7)11(14)15;1-9-6-2-3-8-4-5(6)7/h5-8,10H,9H2,1-4H3,(H,18,19);4-5,14-15H,6H2,1-3H3,(H,12,13);2-4H,1H3. The topological polar surface area (TPSA) is 188 Å². The summed E-state index contributed by atoms with van der Waals surface area (Å²) in [5.41, 5.74) is -0.291. The van der Waals surface area contributed by atoms with Crippen molar-refractivity contribution in [2.45, 2.75) is 65.8 Å². The first-order valence-corrected chi connectivity index (χ1v) is 15.4. The van der Waals surface area contributed by atoms with Gasteiger partial charge in [0, 0.05) is 24.8 Å².